The van der Waals surface area contributed by atoms with Crippen LogP contribution in [0.1, 0.15) is 20.3 Å². The Morgan fingerprint density at radius 1 is 1.22 bits per heavy atom. The molecule has 0 atom stereocenters. The van der Waals surface area contributed by atoms with E-state index in [2.05, 4.69) is 0 Å². The lowest BCUT2D eigenvalue weighted by Gasteiger charge is -2.29. The fourth-order valence-electron chi connectivity index (χ4n) is 1.32. The lowest BCUT2D eigenvalue weighted by atomic mass is 10.1. The number of rotatable bonds is 6. The van der Waals surface area contributed by atoms with Crippen molar-refractivity contribution in [2.45, 2.75) is 32.4 Å². The molecule has 0 aliphatic heterocycles. The van der Waals surface area contributed by atoms with Crippen LogP contribution in [0.5, 0.6) is 0 Å². The van der Waals surface area contributed by atoms with Crippen molar-refractivity contribution in [3.05, 3.63) is 0 Å². The van der Waals surface area contributed by atoms with Gasteiger partial charge in [-0.05, 0) is 18.9 Å². The Bertz CT molecular complexity index is 278. The number of amides is 1. The predicted octanol–water partition coefficient (Wildman–Crippen LogP) is 2.02. The normalized spacial score (nSPS) is 12.9. The summed E-state index contributed by atoms with van der Waals surface area (Å²) in [5.74, 6) is -7.77. The SMILES string of the molecule is CC(C)CN(CCCN)C(=O)C(F)(F)C(F)(F)F. The summed E-state index contributed by atoms with van der Waals surface area (Å²) in [5.41, 5.74) is 5.15. The Morgan fingerprint density at radius 3 is 2.06 bits per heavy atom. The third kappa shape index (κ3) is 4.40. The van der Waals surface area contributed by atoms with E-state index >= 15 is 0 Å². The van der Waals surface area contributed by atoms with Gasteiger partial charge in [0.1, 0.15) is 0 Å². The van der Waals surface area contributed by atoms with E-state index in [1.807, 2.05) is 0 Å². The van der Waals surface area contributed by atoms with Crippen LogP contribution in [0, 0.1) is 5.92 Å². The van der Waals surface area contributed by atoms with E-state index in [1.54, 1.807) is 13.8 Å². The maximum absolute atomic E-state index is 12.9. The van der Waals surface area contributed by atoms with Crippen molar-refractivity contribution in [1.29, 1.82) is 0 Å². The van der Waals surface area contributed by atoms with Crippen LogP contribution in [-0.2, 0) is 4.79 Å². The molecule has 0 aromatic heterocycles. The van der Waals surface area contributed by atoms with Crippen LogP contribution >= 0.6 is 0 Å². The highest BCUT2D eigenvalue weighted by atomic mass is 19.4. The molecular formula is C10H17F5N2O. The number of nitrogens with two attached hydrogens (primary N) is 1. The zero-order valence-electron chi connectivity index (χ0n) is 10.2. The van der Waals surface area contributed by atoms with E-state index in [4.69, 9.17) is 5.73 Å². The fourth-order valence-corrected chi connectivity index (χ4v) is 1.32. The number of alkyl halides is 5. The summed E-state index contributed by atoms with van der Waals surface area (Å²) in [6.07, 6.45) is -5.70. The van der Waals surface area contributed by atoms with Gasteiger partial charge in [-0.1, -0.05) is 13.8 Å². The Labute approximate surface area is 102 Å². The van der Waals surface area contributed by atoms with Gasteiger partial charge in [0.25, 0.3) is 0 Å². The molecule has 0 aromatic carbocycles. The maximum atomic E-state index is 12.9. The van der Waals surface area contributed by atoms with Gasteiger partial charge in [0.15, 0.2) is 0 Å². The second-order valence-corrected chi connectivity index (χ2v) is 4.36. The minimum atomic E-state index is -5.87. The fraction of sp³-hybridized carbons (Fsp3) is 0.900. The van der Waals surface area contributed by atoms with Crippen molar-refractivity contribution in [3.8, 4) is 0 Å². The van der Waals surface area contributed by atoms with Crippen LogP contribution in [0.2, 0.25) is 0 Å². The number of nitrogens with zero attached hydrogens (tertiary/aromatic N) is 1. The molecule has 0 heterocycles. The molecule has 2 N–H and O–H groups in total. The number of halogens is 5. The Hall–Kier alpha value is -0.920. The number of hydrogen-bond donors (Lipinski definition) is 1. The minimum absolute atomic E-state index is 0.111. The summed E-state index contributed by atoms with van der Waals surface area (Å²) >= 11 is 0. The van der Waals surface area contributed by atoms with E-state index in [0.717, 1.165) is 0 Å². The molecule has 0 radical (unpaired) electrons. The highest BCUT2D eigenvalue weighted by molar-refractivity contribution is 5.84. The summed E-state index contributed by atoms with van der Waals surface area (Å²) in [7, 11) is 0. The van der Waals surface area contributed by atoms with Crippen LogP contribution in [-0.4, -0.2) is 42.5 Å². The third-order valence-corrected chi connectivity index (χ3v) is 2.13. The smallest absolute Gasteiger partial charge is 0.337 e. The maximum Gasteiger partial charge on any atom is 0.463 e. The lowest BCUT2D eigenvalue weighted by molar-refractivity contribution is -0.274. The molecule has 0 aliphatic rings. The topological polar surface area (TPSA) is 46.3 Å². The summed E-state index contributed by atoms with van der Waals surface area (Å²) in [6.45, 7) is 2.98. The van der Waals surface area contributed by atoms with Crippen molar-refractivity contribution in [2.24, 2.45) is 11.7 Å². The van der Waals surface area contributed by atoms with Gasteiger partial charge in [-0.15, -0.1) is 0 Å². The molecule has 0 spiro atoms. The van der Waals surface area contributed by atoms with E-state index in [-0.39, 0.29) is 32.0 Å². The van der Waals surface area contributed by atoms with Gasteiger partial charge < -0.3 is 10.6 Å². The molecule has 0 aliphatic carbocycles. The molecular weight excluding hydrogens is 259 g/mol. The van der Waals surface area contributed by atoms with Gasteiger partial charge in [-0.2, -0.15) is 22.0 Å². The average molecular weight is 276 g/mol. The molecule has 0 saturated heterocycles. The molecule has 0 saturated carbocycles. The zero-order valence-corrected chi connectivity index (χ0v) is 10.2. The molecule has 0 aromatic rings. The molecule has 3 nitrogen and oxygen atoms in total. The van der Waals surface area contributed by atoms with E-state index in [9.17, 15) is 26.7 Å². The summed E-state index contributed by atoms with van der Waals surface area (Å²) in [6, 6.07) is 0. The molecule has 108 valence electrons. The Morgan fingerprint density at radius 2 is 1.72 bits per heavy atom. The van der Waals surface area contributed by atoms with Crippen LogP contribution in [0.4, 0.5) is 22.0 Å². The van der Waals surface area contributed by atoms with E-state index in [1.165, 1.54) is 0 Å². The zero-order chi connectivity index (χ0) is 14.6. The highest BCUT2D eigenvalue weighted by Crippen LogP contribution is 2.37. The van der Waals surface area contributed by atoms with E-state index in [0.29, 0.717) is 4.90 Å². The van der Waals surface area contributed by atoms with E-state index < -0.39 is 18.0 Å². The monoisotopic (exact) mass is 276 g/mol. The van der Waals surface area contributed by atoms with Crippen LogP contribution < -0.4 is 5.73 Å². The van der Waals surface area contributed by atoms with Gasteiger partial charge in [0.05, 0.1) is 0 Å². The second-order valence-electron chi connectivity index (χ2n) is 4.36. The van der Waals surface area contributed by atoms with Crippen molar-refractivity contribution < 1.29 is 26.7 Å². The Kier molecular flexibility index (Phi) is 5.98. The van der Waals surface area contributed by atoms with Crippen LogP contribution in [0.3, 0.4) is 0 Å². The first-order valence-corrected chi connectivity index (χ1v) is 5.48. The van der Waals surface area contributed by atoms with Crippen LogP contribution in [0.25, 0.3) is 0 Å². The first-order valence-electron chi connectivity index (χ1n) is 5.48. The van der Waals surface area contributed by atoms with Crippen molar-refractivity contribution in [1.82, 2.24) is 4.90 Å². The second kappa shape index (κ2) is 6.31. The standard InChI is InChI=1S/C10H17F5N2O/c1-7(2)6-17(5-3-4-16)8(18)9(11,12)10(13,14)15/h7H,3-6,16H2,1-2H3. The highest BCUT2D eigenvalue weighted by Gasteiger charge is 2.64. The van der Waals surface area contributed by atoms with Crippen molar-refractivity contribution in [2.75, 3.05) is 19.6 Å². The van der Waals surface area contributed by atoms with Crippen LogP contribution in [0.15, 0.2) is 0 Å². The van der Waals surface area contributed by atoms with Gasteiger partial charge in [0.2, 0.25) is 0 Å². The molecule has 0 fully saturated rings. The van der Waals surface area contributed by atoms with Gasteiger partial charge in [-0.3, -0.25) is 4.79 Å². The van der Waals surface area contributed by atoms with Gasteiger partial charge in [-0.25, -0.2) is 0 Å². The molecule has 1 amide bonds. The number of hydrogen-bond acceptors (Lipinski definition) is 2. The van der Waals surface area contributed by atoms with Gasteiger partial charge in [0, 0.05) is 13.1 Å². The summed E-state index contributed by atoms with van der Waals surface area (Å²) in [5, 5.41) is 0. The number of carbonyl (C=O) groups excluding carboxylic acids is 1. The van der Waals surface area contributed by atoms with Gasteiger partial charge >= 0.3 is 18.0 Å². The first-order chi connectivity index (χ1) is 8.04. The minimum Gasteiger partial charge on any atom is -0.337 e. The molecule has 0 unspecified atom stereocenters. The first kappa shape index (κ1) is 17.1. The van der Waals surface area contributed by atoms with Crippen molar-refractivity contribution in [3.63, 3.8) is 0 Å². The predicted molar refractivity (Wildman–Crippen MR) is 56.1 cm³/mol. The lowest BCUT2D eigenvalue weighted by Crippen LogP contribution is -2.53. The molecule has 8 heteroatoms. The average Bonchev–Trinajstić information content (AvgIpc) is 2.20. The van der Waals surface area contributed by atoms with Crippen molar-refractivity contribution >= 4 is 5.91 Å². The Balaban J connectivity index is 4.94. The quantitative estimate of drug-likeness (QED) is 0.754. The summed E-state index contributed by atoms with van der Waals surface area (Å²) < 4.78 is 62.1. The summed E-state index contributed by atoms with van der Waals surface area (Å²) in [4.78, 5) is 11.8. The molecule has 0 bridgehead atoms. The number of carbonyl (C=O) groups is 1. The largest absolute Gasteiger partial charge is 0.463 e. The molecule has 0 rings (SSSR count). The third-order valence-electron chi connectivity index (χ3n) is 2.13. The molecule has 18 heavy (non-hydrogen) atoms.